The SMILES string of the molecule is COc1cc(Br)c(S(=O)(=O)N2CCC(C(=O)c3ccc(C)cc3)CC2)cc1OC. The molecule has 0 N–H and O–H groups in total. The van der Waals surface area contributed by atoms with E-state index in [-0.39, 0.29) is 16.6 Å². The number of sulfonamides is 1. The van der Waals surface area contributed by atoms with Gasteiger partial charge in [0.15, 0.2) is 17.3 Å². The second kappa shape index (κ2) is 8.85. The largest absolute Gasteiger partial charge is 0.493 e. The summed E-state index contributed by atoms with van der Waals surface area (Å²) in [6.45, 7) is 2.57. The summed E-state index contributed by atoms with van der Waals surface area (Å²) in [5.74, 6) is 0.701. The summed E-state index contributed by atoms with van der Waals surface area (Å²) in [6, 6.07) is 10.5. The zero-order valence-electron chi connectivity index (χ0n) is 16.6. The van der Waals surface area contributed by atoms with Gasteiger partial charge in [0.2, 0.25) is 10.0 Å². The zero-order valence-corrected chi connectivity index (χ0v) is 19.0. The molecule has 0 aromatic heterocycles. The minimum absolute atomic E-state index is 0.0781. The van der Waals surface area contributed by atoms with Crippen LogP contribution >= 0.6 is 15.9 Å². The number of ether oxygens (including phenoxy) is 2. The minimum Gasteiger partial charge on any atom is -0.493 e. The lowest BCUT2D eigenvalue weighted by Crippen LogP contribution is -2.40. The van der Waals surface area contributed by atoms with Crippen molar-refractivity contribution < 1.29 is 22.7 Å². The van der Waals surface area contributed by atoms with E-state index in [1.54, 1.807) is 6.07 Å². The molecule has 6 nitrogen and oxygen atoms in total. The number of carbonyl (C=O) groups is 1. The van der Waals surface area contributed by atoms with Crippen molar-refractivity contribution in [3.63, 3.8) is 0 Å². The summed E-state index contributed by atoms with van der Waals surface area (Å²) in [5, 5.41) is 0. The number of piperidine rings is 1. The number of rotatable bonds is 6. The van der Waals surface area contributed by atoms with Gasteiger partial charge in [0.25, 0.3) is 0 Å². The van der Waals surface area contributed by atoms with Crippen LogP contribution in [0.4, 0.5) is 0 Å². The molecule has 0 aliphatic carbocycles. The normalized spacial score (nSPS) is 15.9. The van der Waals surface area contributed by atoms with Crippen LogP contribution in [-0.2, 0) is 10.0 Å². The molecule has 1 heterocycles. The van der Waals surface area contributed by atoms with Crippen LogP contribution in [0.5, 0.6) is 11.5 Å². The van der Waals surface area contributed by atoms with Crippen molar-refractivity contribution in [1.29, 1.82) is 0 Å². The predicted octanol–water partition coefficient (Wildman–Crippen LogP) is 4.06. The van der Waals surface area contributed by atoms with E-state index in [1.807, 2.05) is 31.2 Å². The molecule has 156 valence electrons. The minimum atomic E-state index is -3.73. The standard InChI is InChI=1S/C21H24BrNO5S/c1-14-4-6-15(7-5-14)21(24)16-8-10-23(11-9-16)29(25,26)20-13-19(28-3)18(27-2)12-17(20)22/h4-7,12-13,16H,8-11H2,1-3H3. The summed E-state index contributed by atoms with van der Waals surface area (Å²) in [4.78, 5) is 12.9. The van der Waals surface area contributed by atoms with Gasteiger partial charge in [-0.3, -0.25) is 4.79 Å². The monoisotopic (exact) mass is 481 g/mol. The lowest BCUT2D eigenvalue weighted by atomic mass is 9.89. The smallest absolute Gasteiger partial charge is 0.244 e. The van der Waals surface area contributed by atoms with Crippen molar-refractivity contribution in [3.05, 3.63) is 52.0 Å². The molecule has 1 aliphatic rings. The lowest BCUT2D eigenvalue weighted by molar-refractivity contribution is 0.0875. The third kappa shape index (κ3) is 4.49. The molecule has 1 aliphatic heterocycles. The number of hydrogen-bond donors (Lipinski definition) is 0. The van der Waals surface area contributed by atoms with Gasteiger partial charge >= 0.3 is 0 Å². The van der Waals surface area contributed by atoms with Crippen LogP contribution in [0.25, 0.3) is 0 Å². The Bertz CT molecular complexity index is 996. The summed E-state index contributed by atoms with van der Waals surface area (Å²) >= 11 is 3.33. The van der Waals surface area contributed by atoms with Crippen LogP contribution in [0.2, 0.25) is 0 Å². The Balaban J connectivity index is 1.76. The molecule has 1 fully saturated rings. The molecule has 3 rings (SSSR count). The third-order valence-corrected chi connectivity index (χ3v) is 8.07. The first-order valence-electron chi connectivity index (χ1n) is 9.30. The van der Waals surface area contributed by atoms with Crippen molar-refractivity contribution in [2.45, 2.75) is 24.7 Å². The van der Waals surface area contributed by atoms with Gasteiger partial charge in [-0.05, 0) is 41.8 Å². The summed E-state index contributed by atoms with van der Waals surface area (Å²) in [5.41, 5.74) is 1.78. The molecule has 8 heteroatoms. The number of ketones is 1. The van der Waals surface area contributed by atoms with Gasteiger partial charge in [-0.2, -0.15) is 4.31 Å². The number of hydrogen-bond acceptors (Lipinski definition) is 5. The van der Waals surface area contributed by atoms with E-state index in [9.17, 15) is 13.2 Å². The van der Waals surface area contributed by atoms with Crippen molar-refractivity contribution in [3.8, 4) is 11.5 Å². The highest BCUT2D eigenvalue weighted by Crippen LogP contribution is 2.37. The molecular weight excluding hydrogens is 458 g/mol. The van der Waals surface area contributed by atoms with Crippen LogP contribution < -0.4 is 9.47 Å². The molecule has 1 saturated heterocycles. The second-order valence-corrected chi connectivity index (χ2v) is 9.81. The number of aryl methyl sites for hydroxylation is 1. The molecule has 0 radical (unpaired) electrons. The third-order valence-electron chi connectivity index (χ3n) is 5.22. The van der Waals surface area contributed by atoms with Crippen molar-refractivity contribution in [1.82, 2.24) is 4.31 Å². The van der Waals surface area contributed by atoms with E-state index in [0.717, 1.165) is 5.56 Å². The van der Waals surface area contributed by atoms with Crippen LogP contribution in [0.3, 0.4) is 0 Å². The van der Waals surface area contributed by atoms with E-state index in [4.69, 9.17) is 9.47 Å². The number of halogens is 1. The Hall–Kier alpha value is -1.90. The molecule has 0 bridgehead atoms. The Morgan fingerprint density at radius 2 is 1.59 bits per heavy atom. The van der Waals surface area contributed by atoms with E-state index in [2.05, 4.69) is 15.9 Å². The highest BCUT2D eigenvalue weighted by atomic mass is 79.9. The van der Waals surface area contributed by atoms with Gasteiger partial charge < -0.3 is 9.47 Å². The maximum Gasteiger partial charge on any atom is 0.244 e. The molecule has 0 unspecified atom stereocenters. The molecule has 0 spiro atoms. The topological polar surface area (TPSA) is 72.9 Å². The van der Waals surface area contributed by atoms with Crippen molar-refractivity contribution in [2.24, 2.45) is 5.92 Å². The average Bonchev–Trinajstić information content (AvgIpc) is 2.73. The molecule has 0 saturated carbocycles. The van der Waals surface area contributed by atoms with Gasteiger partial charge in [0, 0.05) is 35.1 Å². The highest BCUT2D eigenvalue weighted by Gasteiger charge is 2.34. The van der Waals surface area contributed by atoms with Crippen LogP contribution in [0.1, 0.15) is 28.8 Å². The quantitative estimate of drug-likeness (QED) is 0.581. The summed E-state index contributed by atoms with van der Waals surface area (Å²) in [6.07, 6.45) is 0.994. The van der Waals surface area contributed by atoms with Crippen LogP contribution in [-0.4, -0.2) is 45.8 Å². The van der Waals surface area contributed by atoms with Gasteiger partial charge in [-0.15, -0.1) is 0 Å². The fraction of sp³-hybridized carbons (Fsp3) is 0.381. The first kappa shape index (κ1) is 21.8. The first-order valence-corrected chi connectivity index (χ1v) is 11.5. The number of methoxy groups -OCH3 is 2. The van der Waals surface area contributed by atoms with Gasteiger partial charge in [-0.25, -0.2) is 8.42 Å². The van der Waals surface area contributed by atoms with Gasteiger partial charge in [-0.1, -0.05) is 29.8 Å². The molecular formula is C21H24BrNO5S. The molecule has 0 atom stereocenters. The number of carbonyl (C=O) groups excluding carboxylic acids is 1. The molecule has 2 aromatic carbocycles. The van der Waals surface area contributed by atoms with Crippen molar-refractivity contribution in [2.75, 3.05) is 27.3 Å². The summed E-state index contributed by atoms with van der Waals surface area (Å²) < 4.78 is 38.7. The predicted molar refractivity (Wildman–Crippen MR) is 114 cm³/mol. The Kier molecular flexibility index (Phi) is 6.65. The molecule has 29 heavy (non-hydrogen) atoms. The van der Waals surface area contributed by atoms with E-state index in [1.165, 1.54) is 24.6 Å². The zero-order chi connectivity index (χ0) is 21.2. The Morgan fingerprint density at radius 3 is 2.14 bits per heavy atom. The Labute approximate surface area is 180 Å². The fourth-order valence-corrected chi connectivity index (χ4v) is 5.95. The molecule has 0 amide bonds. The number of Topliss-reactive ketones (excluding diaryl/α,β-unsaturated/α-hetero) is 1. The number of benzene rings is 2. The fourth-order valence-electron chi connectivity index (χ4n) is 3.48. The van der Waals surface area contributed by atoms with E-state index in [0.29, 0.717) is 47.5 Å². The van der Waals surface area contributed by atoms with E-state index < -0.39 is 10.0 Å². The van der Waals surface area contributed by atoms with Crippen LogP contribution in [0, 0.1) is 12.8 Å². The maximum atomic E-state index is 13.2. The average molecular weight is 482 g/mol. The lowest BCUT2D eigenvalue weighted by Gasteiger charge is -2.31. The number of nitrogens with zero attached hydrogens (tertiary/aromatic N) is 1. The Morgan fingerprint density at radius 1 is 1.03 bits per heavy atom. The molecule has 2 aromatic rings. The summed E-state index contributed by atoms with van der Waals surface area (Å²) in [7, 11) is -0.773. The van der Waals surface area contributed by atoms with Gasteiger partial charge in [0.1, 0.15) is 4.90 Å². The van der Waals surface area contributed by atoms with Gasteiger partial charge in [0.05, 0.1) is 14.2 Å². The first-order chi connectivity index (χ1) is 13.8. The van der Waals surface area contributed by atoms with Crippen LogP contribution in [0.15, 0.2) is 45.8 Å². The van der Waals surface area contributed by atoms with E-state index >= 15 is 0 Å². The second-order valence-electron chi connectivity index (χ2n) is 7.05. The highest BCUT2D eigenvalue weighted by molar-refractivity contribution is 9.10. The maximum absolute atomic E-state index is 13.2. The van der Waals surface area contributed by atoms with Crippen molar-refractivity contribution >= 4 is 31.7 Å².